The fraction of sp³-hybridized carbons (Fsp3) is 0.308. The molecule has 0 spiro atoms. The van der Waals surface area contributed by atoms with Gasteiger partial charge in [0, 0.05) is 0 Å². The molecule has 0 saturated heterocycles. The highest BCUT2D eigenvalue weighted by Crippen LogP contribution is 2.20. The highest BCUT2D eigenvalue weighted by Gasteiger charge is 2.11. The Bertz CT molecular complexity index is 623. The lowest BCUT2D eigenvalue weighted by atomic mass is 10.1. The van der Waals surface area contributed by atoms with Gasteiger partial charge in [-0.15, -0.1) is 0 Å². The van der Waals surface area contributed by atoms with Crippen molar-refractivity contribution in [2.24, 2.45) is 0 Å². The minimum absolute atomic E-state index is 0.0293. The van der Waals surface area contributed by atoms with Crippen LogP contribution in [-0.4, -0.2) is 22.1 Å². The second kappa shape index (κ2) is 6.00. The summed E-state index contributed by atoms with van der Waals surface area (Å²) in [6.45, 7) is 3.59. The summed E-state index contributed by atoms with van der Waals surface area (Å²) in [5.74, 6) is 0.0257. The standard InChI is InChI=1S/C13H14ClFN4O/c1-7-4-5-9(6-10(7)15)8(2)16-12-17-11(14)18-13(19-12)20-3/h4-6,8H,1-3H3,(H,16,17,18,19). The van der Waals surface area contributed by atoms with Crippen LogP contribution in [0, 0.1) is 12.7 Å². The minimum atomic E-state index is -0.248. The maximum absolute atomic E-state index is 13.6. The number of aromatic nitrogens is 3. The van der Waals surface area contributed by atoms with E-state index < -0.39 is 0 Å². The van der Waals surface area contributed by atoms with Crippen LogP contribution >= 0.6 is 11.6 Å². The van der Waals surface area contributed by atoms with Crippen molar-refractivity contribution >= 4 is 17.5 Å². The molecule has 106 valence electrons. The van der Waals surface area contributed by atoms with Crippen LogP contribution < -0.4 is 10.1 Å². The van der Waals surface area contributed by atoms with E-state index >= 15 is 0 Å². The van der Waals surface area contributed by atoms with Crippen LogP contribution in [-0.2, 0) is 0 Å². The Morgan fingerprint density at radius 3 is 2.70 bits per heavy atom. The third-order valence-corrected chi connectivity index (χ3v) is 2.98. The molecule has 7 heteroatoms. The van der Waals surface area contributed by atoms with Gasteiger partial charge in [-0.05, 0) is 42.6 Å². The van der Waals surface area contributed by atoms with Crippen LogP contribution in [0.15, 0.2) is 18.2 Å². The number of aryl methyl sites for hydroxylation is 1. The number of methoxy groups -OCH3 is 1. The topological polar surface area (TPSA) is 59.9 Å². The summed E-state index contributed by atoms with van der Waals surface area (Å²) in [7, 11) is 1.44. The largest absolute Gasteiger partial charge is 0.467 e. The number of anilines is 1. The Kier molecular flexibility index (Phi) is 4.34. The van der Waals surface area contributed by atoms with Gasteiger partial charge in [-0.2, -0.15) is 15.0 Å². The SMILES string of the molecule is COc1nc(Cl)nc(NC(C)c2ccc(C)c(F)c2)n1. The lowest BCUT2D eigenvalue weighted by Gasteiger charge is -2.15. The predicted octanol–water partition coefficient (Wildman–Crippen LogP) is 3.15. The zero-order valence-corrected chi connectivity index (χ0v) is 12.1. The fourth-order valence-corrected chi connectivity index (χ4v) is 1.80. The maximum Gasteiger partial charge on any atom is 0.322 e. The highest BCUT2D eigenvalue weighted by molar-refractivity contribution is 6.28. The molecule has 0 saturated carbocycles. The van der Waals surface area contributed by atoms with Crippen LogP contribution in [0.25, 0.3) is 0 Å². The van der Waals surface area contributed by atoms with Crippen molar-refractivity contribution in [3.8, 4) is 6.01 Å². The van der Waals surface area contributed by atoms with Gasteiger partial charge < -0.3 is 10.1 Å². The molecular formula is C13H14ClFN4O. The molecule has 1 unspecified atom stereocenters. The van der Waals surface area contributed by atoms with Gasteiger partial charge in [-0.1, -0.05) is 12.1 Å². The Labute approximate surface area is 121 Å². The molecule has 2 rings (SSSR count). The summed E-state index contributed by atoms with van der Waals surface area (Å²) in [5.41, 5.74) is 1.38. The highest BCUT2D eigenvalue weighted by atomic mass is 35.5. The molecule has 1 aromatic heterocycles. The summed E-state index contributed by atoms with van der Waals surface area (Å²) < 4.78 is 18.5. The zero-order chi connectivity index (χ0) is 14.7. The van der Waals surface area contributed by atoms with Gasteiger partial charge in [0.05, 0.1) is 13.2 Å². The van der Waals surface area contributed by atoms with Crippen molar-refractivity contribution in [1.82, 2.24) is 15.0 Å². The summed E-state index contributed by atoms with van der Waals surface area (Å²) in [6.07, 6.45) is 0. The monoisotopic (exact) mass is 296 g/mol. The molecule has 2 aromatic rings. The van der Waals surface area contributed by atoms with Gasteiger partial charge in [0.1, 0.15) is 5.82 Å². The zero-order valence-electron chi connectivity index (χ0n) is 11.3. The lowest BCUT2D eigenvalue weighted by molar-refractivity contribution is 0.378. The van der Waals surface area contributed by atoms with E-state index in [1.54, 1.807) is 13.0 Å². The first-order chi connectivity index (χ1) is 9.49. The van der Waals surface area contributed by atoms with E-state index in [1.807, 2.05) is 13.0 Å². The smallest absolute Gasteiger partial charge is 0.322 e. The Morgan fingerprint density at radius 1 is 1.30 bits per heavy atom. The van der Waals surface area contributed by atoms with Crippen molar-refractivity contribution in [1.29, 1.82) is 0 Å². The van der Waals surface area contributed by atoms with Crippen LogP contribution in [0.4, 0.5) is 10.3 Å². The number of nitrogens with one attached hydrogen (secondary N) is 1. The minimum Gasteiger partial charge on any atom is -0.467 e. The summed E-state index contributed by atoms with van der Waals surface area (Å²) >= 11 is 5.76. The molecule has 20 heavy (non-hydrogen) atoms. The number of nitrogens with zero attached hydrogens (tertiary/aromatic N) is 3. The molecule has 0 fully saturated rings. The molecule has 5 nitrogen and oxygen atoms in total. The molecular weight excluding hydrogens is 283 g/mol. The molecule has 0 aliphatic rings. The quantitative estimate of drug-likeness (QED) is 0.939. The summed E-state index contributed by atoms with van der Waals surface area (Å²) in [5, 5.41) is 3.06. The van der Waals surface area contributed by atoms with E-state index in [0.29, 0.717) is 5.56 Å². The third kappa shape index (κ3) is 3.33. The van der Waals surface area contributed by atoms with Gasteiger partial charge in [0.15, 0.2) is 0 Å². The molecule has 0 radical (unpaired) electrons. The normalized spacial score (nSPS) is 12.1. The predicted molar refractivity (Wildman–Crippen MR) is 74.6 cm³/mol. The van der Waals surface area contributed by atoms with E-state index in [0.717, 1.165) is 5.56 Å². The summed E-state index contributed by atoms with van der Waals surface area (Å²) in [4.78, 5) is 11.7. The van der Waals surface area contributed by atoms with E-state index in [4.69, 9.17) is 16.3 Å². The van der Waals surface area contributed by atoms with Gasteiger partial charge >= 0.3 is 6.01 Å². The van der Waals surface area contributed by atoms with E-state index in [9.17, 15) is 4.39 Å². The molecule has 1 aromatic carbocycles. The maximum atomic E-state index is 13.6. The third-order valence-electron chi connectivity index (χ3n) is 2.81. The molecule has 0 amide bonds. The van der Waals surface area contributed by atoms with Crippen LogP contribution in [0.2, 0.25) is 5.28 Å². The van der Waals surface area contributed by atoms with E-state index in [2.05, 4.69) is 20.3 Å². The van der Waals surface area contributed by atoms with E-state index in [-0.39, 0.29) is 29.1 Å². The number of rotatable bonds is 4. The molecule has 1 atom stereocenters. The molecule has 1 heterocycles. The van der Waals surface area contributed by atoms with Crippen molar-refractivity contribution in [3.05, 3.63) is 40.4 Å². The van der Waals surface area contributed by atoms with Crippen molar-refractivity contribution in [3.63, 3.8) is 0 Å². The first-order valence-electron chi connectivity index (χ1n) is 5.97. The Morgan fingerprint density at radius 2 is 2.05 bits per heavy atom. The number of benzene rings is 1. The average molecular weight is 297 g/mol. The van der Waals surface area contributed by atoms with Gasteiger partial charge in [-0.3, -0.25) is 0 Å². The van der Waals surface area contributed by atoms with Gasteiger partial charge in [0.25, 0.3) is 0 Å². The van der Waals surface area contributed by atoms with E-state index in [1.165, 1.54) is 13.2 Å². The van der Waals surface area contributed by atoms with Crippen LogP contribution in [0.3, 0.4) is 0 Å². The number of hydrogen-bond acceptors (Lipinski definition) is 5. The second-order valence-corrected chi connectivity index (χ2v) is 4.63. The number of ether oxygens (including phenoxy) is 1. The van der Waals surface area contributed by atoms with Crippen molar-refractivity contribution < 1.29 is 9.13 Å². The first kappa shape index (κ1) is 14.5. The van der Waals surface area contributed by atoms with Gasteiger partial charge in [-0.25, -0.2) is 4.39 Å². The van der Waals surface area contributed by atoms with Crippen molar-refractivity contribution in [2.45, 2.75) is 19.9 Å². The molecule has 1 N–H and O–H groups in total. The van der Waals surface area contributed by atoms with Gasteiger partial charge in [0.2, 0.25) is 11.2 Å². The Hall–Kier alpha value is -1.95. The average Bonchev–Trinajstić information content (AvgIpc) is 2.41. The lowest BCUT2D eigenvalue weighted by Crippen LogP contribution is -2.11. The molecule has 0 aliphatic carbocycles. The van der Waals surface area contributed by atoms with Crippen molar-refractivity contribution in [2.75, 3.05) is 12.4 Å². The Balaban J connectivity index is 2.20. The number of halogens is 2. The first-order valence-corrected chi connectivity index (χ1v) is 6.35. The molecule has 0 aliphatic heterocycles. The van der Waals surface area contributed by atoms with Crippen LogP contribution in [0.1, 0.15) is 24.1 Å². The molecule has 0 bridgehead atoms. The number of hydrogen-bond donors (Lipinski definition) is 1. The fourth-order valence-electron chi connectivity index (χ4n) is 1.64. The second-order valence-electron chi connectivity index (χ2n) is 4.29. The van der Waals surface area contributed by atoms with Crippen LogP contribution in [0.5, 0.6) is 6.01 Å². The summed E-state index contributed by atoms with van der Waals surface area (Å²) in [6, 6.07) is 4.98.